The van der Waals surface area contributed by atoms with E-state index in [2.05, 4.69) is 0 Å². The van der Waals surface area contributed by atoms with E-state index < -0.39 is 11.3 Å². The maximum atomic E-state index is 13.4. The Morgan fingerprint density at radius 2 is 2.00 bits per heavy atom. The van der Waals surface area contributed by atoms with Gasteiger partial charge in [-0.05, 0) is 31.4 Å². The van der Waals surface area contributed by atoms with Crippen molar-refractivity contribution in [1.82, 2.24) is 4.57 Å². The number of halogens is 1. The van der Waals surface area contributed by atoms with Gasteiger partial charge >= 0.3 is 0 Å². The average molecular weight is 413 g/mol. The molecular weight excluding hydrogens is 396 g/mol. The molecular formula is C21H17ClN2O3S. The largest absolute Gasteiger partial charge is 0.494 e. The molecule has 0 unspecified atom stereocenters. The summed E-state index contributed by atoms with van der Waals surface area (Å²) in [5, 5.41) is 21.5. The third-order valence-corrected chi connectivity index (χ3v) is 7.08. The van der Waals surface area contributed by atoms with Crippen molar-refractivity contribution in [2.45, 2.75) is 38.6 Å². The van der Waals surface area contributed by atoms with Gasteiger partial charge in [-0.1, -0.05) is 42.6 Å². The fourth-order valence-electron chi connectivity index (χ4n) is 3.97. The molecule has 1 saturated carbocycles. The SMILES string of the molecule is Cc1c(C(=O)c2sc3ccccc3c2Cl)c(O)n(C2CCCC2)c(=O)c1C#N. The highest BCUT2D eigenvalue weighted by atomic mass is 35.5. The second kappa shape index (κ2) is 7.08. The number of thiophene rings is 1. The zero-order valence-electron chi connectivity index (χ0n) is 15.2. The number of fused-ring (bicyclic) bond motifs is 1. The molecule has 4 rings (SSSR count). The molecule has 1 N–H and O–H groups in total. The highest BCUT2D eigenvalue weighted by Crippen LogP contribution is 2.39. The molecule has 0 aliphatic heterocycles. The molecule has 7 heteroatoms. The lowest BCUT2D eigenvalue weighted by molar-refractivity contribution is 0.103. The summed E-state index contributed by atoms with van der Waals surface area (Å²) >= 11 is 7.69. The molecule has 142 valence electrons. The molecule has 2 aromatic heterocycles. The van der Waals surface area contributed by atoms with Gasteiger partial charge in [0, 0.05) is 16.1 Å². The Morgan fingerprint density at radius 1 is 1.32 bits per heavy atom. The average Bonchev–Trinajstić information content (AvgIpc) is 3.31. The molecule has 0 bridgehead atoms. The first-order valence-electron chi connectivity index (χ1n) is 9.05. The fraction of sp³-hybridized carbons (Fsp3) is 0.286. The molecule has 1 fully saturated rings. The normalized spacial score (nSPS) is 14.5. The number of carbonyl (C=O) groups excluding carboxylic acids is 1. The number of nitrogens with zero attached hydrogens (tertiary/aromatic N) is 2. The second-order valence-electron chi connectivity index (χ2n) is 6.99. The number of benzene rings is 1. The van der Waals surface area contributed by atoms with Crippen molar-refractivity contribution < 1.29 is 9.90 Å². The molecule has 3 aromatic rings. The molecule has 0 saturated heterocycles. The lowest BCUT2D eigenvalue weighted by Gasteiger charge is -2.19. The molecule has 0 atom stereocenters. The van der Waals surface area contributed by atoms with Crippen molar-refractivity contribution in [2.75, 3.05) is 0 Å². The van der Waals surface area contributed by atoms with Crippen molar-refractivity contribution in [2.24, 2.45) is 0 Å². The minimum Gasteiger partial charge on any atom is -0.494 e. The van der Waals surface area contributed by atoms with Gasteiger partial charge in [0.15, 0.2) is 0 Å². The second-order valence-corrected chi connectivity index (χ2v) is 8.42. The summed E-state index contributed by atoms with van der Waals surface area (Å²) in [5.74, 6) is -0.837. The summed E-state index contributed by atoms with van der Waals surface area (Å²) in [4.78, 5) is 26.5. The first-order valence-corrected chi connectivity index (χ1v) is 10.2. The van der Waals surface area contributed by atoms with Crippen LogP contribution in [0.5, 0.6) is 5.88 Å². The Kier molecular flexibility index (Phi) is 4.74. The maximum absolute atomic E-state index is 13.4. The first kappa shape index (κ1) is 18.7. The number of rotatable bonds is 3. The summed E-state index contributed by atoms with van der Waals surface area (Å²) in [6, 6.07) is 9.11. The van der Waals surface area contributed by atoms with Crippen molar-refractivity contribution in [3.63, 3.8) is 0 Å². The lowest BCUT2D eigenvalue weighted by atomic mass is 10.00. The highest BCUT2D eigenvalue weighted by Gasteiger charge is 2.31. The molecule has 2 heterocycles. The number of hydrogen-bond donors (Lipinski definition) is 1. The van der Waals surface area contributed by atoms with E-state index in [1.54, 1.807) is 0 Å². The van der Waals surface area contributed by atoms with E-state index in [0.29, 0.717) is 9.90 Å². The van der Waals surface area contributed by atoms with Crippen LogP contribution in [0, 0.1) is 18.3 Å². The third-order valence-electron chi connectivity index (χ3n) is 5.40. The predicted molar refractivity (Wildman–Crippen MR) is 110 cm³/mol. The van der Waals surface area contributed by atoms with E-state index in [1.807, 2.05) is 30.3 Å². The molecule has 5 nitrogen and oxygen atoms in total. The standard InChI is InChI=1S/C21H17ClN2O3S/c1-11-14(10-23)20(26)24(12-6-2-3-7-12)21(27)16(11)18(25)19-17(22)13-8-4-5-9-15(13)28-19/h4-5,8-9,12,27H,2-3,6-7H2,1H3. The zero-order valence-corrected chi connectivity index (χ0v) is 16.7. The van der Waals surface area contributed by atoms with Gasteiger partial charge in [0.05, 0.1) is 15.5 Å². The number of aromatic nitrogens is 1. The first-order chi connectivity index (χ1) is 13.5. The van der Waals surface area contributed by atoms with E-state index in [0.717, 1.165) is 35.8 Å². The number of pyridine rings is 1. The predicted octanol–water partition coefficient (Wildman–Crippen LogP) is 4.95. The van der Waals surface area contributed by atoms with Crippen LogP contribution < -0.4 is 5.56 Å². The fourth-order valence-corrected chi connectivity index (χ4v) is 5.43. The Hall–Kier alpha value is -2.62. The number of carbonyl (C=O) groups is 1. The van der Waals surface area contributed by atoms with Crippen LogP contribution in [0.1, 0.15) is 58.1 Å². The van der Waals surface area contributed by atoms with Crippen LogP contribution in [-0.4, -0.2) is 15.5 Å². The third kappa shape index (κ3) is 2.74. The van der Waals surface area contributed by atoms with Crippen molar-refractivity contribution in [3.8, 4) is 11.9 Å². The van der Waals surface area contributed by atoms with Crippen LogP contribution in [-0.2, 0) is 0 Å². The highest BCUT2D eigenvalue weighted by molar-refractivity contribution is 7.21. The van der Waals surface area contributed by atoms with Gasteiger partial charge < -0.3 is 5.11 Å². The van der Waals surface area contributed by atoms with Crippen LogP contribution in [0.4, 0.5) is 0 Å². The summed E-state index contributed by atoms with van der Waals surface area (Å²) < 4.78 is 2.09. The van der Waals surface area contributed by atoms with E-state index >= 15 is 0 Å². The number of aromatic hydroxyl groups is 1. The smallest absolute Gasteiger partial charge is 0.271 e. The van der Waals surface area contributed by atoms with Gasteiger partial charge in [-0.2, -0.15) is 5.26 Å². The number of nitriles is 1. The van der Waals surface area contributed by atoms with E-state index in [1.165, 1.54) is 22.8 Å². The summed E-state index contributed by atoms with van der Waals surface area (Å²) in [6.07, 6.45) is 3.35. The Morgan fingerprint density at radius 3 is 2.64 bits per heavy atom. The summed E-state index contributed by atoms with van der Waals surface area (Å²) in [6.45, 7) is 1.52. The van der Waals surface area contributed by atoms with Gasteiger partial charge in [0.2, 0.25) is 11.7 Å². The Bertz CT molecular complexity index is 1210. The maximum Gasteiger partial charge on any atom is 0.271 e. The van der Waals surface area contributed by atoms with E-state index in [4.69, 9.17) is 11.6 Å². The molecule has 1 aliphatic rings. The Labute approximate surface area is 170 Å². The Balaban J connectivity index is 1.97. The van der Waals surface area contributed by atoms with Gasteiger partial charge in [0.25, 0.3) is 5.56 Å². The van der Waals surface area contributed by atoms with Crippen LogP contribution >= 0.6 is 22.9 Å². The molecule has 1 aliphatic carbocycles. The van der Waals surface area contributed by atoms with E-state index in [-0.39, 0.29) is 28.6 Å². The van der Waals surface area contributed by atoms with Crippen LogP contribution in [0.2, 0.25) is 5.02 Å². The van der Waals surface area contributed by atoms with Crippen molar-refractivity contribution in [1.29, 1.82) is 5.26 Å². The minimum absolute atomic E-state index is 0.0171. The van der Waals surface area contributed by atoms with Gasteiger partial charge in [-0.3, -0.25) is 14.2 Å². The van der Waals surface area contributed by atoms with Crippen LogP contribution in [0.25, 0.3) is 10.1 Å². The molecule has 0 radical (unpaired) electrons. The molecule has 28 heavy (non-hydrogen) atoms. The van der Waals surface area contributed by atoms with Crippen molar-refractivity contribution in [3.05, 3.63) is 61.2 Å². The zero-order chi connectivity index (χ0) is 20.0. The quantitative estimate of drug-likeness (QED) is 0.617. The van der Waals surface area contributed by atoms with Crippen molar-refractivity contribution >= 4 is 38.8 Å². The molecule has 0 amide bonds. The van der Waals surface area contributed by atoms with Gasteiger partial charge in [-0.25, -0.2) is 0 Å². The van der Waals surface area contributed by atoms with E-state index in [9.17, 15) is 20.0 Å². The van der Waals surface area contributed by atoms with Gasteiger partial charge in [-0.15, -0.1) is 11.3 Å². The van der Waals surface area contributed by atoms with Crippen LogP contribution in [0.3, 0.4) is 0 Å². The topological polar surface area (TPSA) is 83.1 Å². The molecule has 0 spiro atoms. The van der Waals surface area contributed by atoms with Crippen LogP contribution in [0.15, 0.2) is 29.1 Å². The number of hydrogen-bond acceptors (Lipinski definition) is 5. The summed E-state index contributed by atoms with van der Waals surface area (Å²) in [7, 11) is 0. The minimum atomic E-state index is -0.539. The molecule has 1 aromatic carbocycles. The summed E-state index contributed by atoms with van der Waals surface area (Å²) in [5.41, 5.74) is -0.469. The monoisotopic (exact) mass is 412 g/mol. The lowest BCUT2D eigenvalue weighted by Crippen LogP contribution is -2.29. The van der Waals surface area contributed by atoms with Gasteiger partial charge in [0.1, 0.15) is 11.6 Å². The number of ketones is 1.